The van der Waals surface area contributed by atoms with Crippen molar-refractivity contribution in [3.8, 4) is 0 Å². The number of rotatable bonds is 4. The third kappa shape index (κ3) is 5.61. The van der Waals surface area contributed by atoms with E-state index in [1.54, 1.807) is 29.2 Å². The Morgan fingerprint density at radius 2 is 1.44 bits per heavy atom. The van der Waals surface area contributed by atoms with E-state index in [1.165, 1.54) is 22.5 Å². The van der Waals surface area contributed by atoms with Crippen LogP contribution in [0.1, 0.15) is 41.5 Å². The van der Waals surface area contributed by atoms with Crippen LogP contribution in [0.4, 0.5) is 0 Å². The second kappa shape index (κ2) is 9.39. The molecular weight excluding hydrogens is 473 g/mol. The zero-order valence-electron chi connectivity index (χ0n) is 18.1. The van der Waals surface area contributed by atoms with Crippen LogP contribution in [-0.4, -0.2) is 61.2 Å². The Kier molecular flexibility index (Phi) is 7.19. The van der Waals surface area contributed by atoms with E-state index in [4.69, 9.17) is 23.2 Å². The highest BCUT2D eigenvalue weighted by Gasteiger charge is 2.31. The molecule has 0 aromatic heterocycles. The summed E-state index contributed by atoms with van der Waals surface area (Å²) in [5.74, 6) is -0.419. The second-order valence-electron chi connectivity index (χ2n) is 8.55. The maximum absolute atomic E-state index is 12.9. The van der Waals surface area contributed by atoms with E-state index >= 15 is 0 Å². The Balaban J connectivity index is 1.64. The fourth-order valence-corrected chi connectivity index (χ4v) is 5.09. The van der Waals surface area contributed by atoms with Crippen LogP contribution < -0.4 is 5.32 Å². The van der Waals surface area contributed by atoms with Crippen molar-refractivity contribution in [2.75, 3.05) is 26.2 Å². The quantitative estimate of drug-likeness (QED) is 0.697. The Bertz CT molecular complexity index is 1120. The van der Waals surface area contributed by atoms with Crippen molar-refractivity contribution < 1.29 is 18.0 Å². The number of amides is 2. The number of halogens is 2. The van der Waals surface area contributed by atoms with Gasteiger partial charge in [-0.2, -0.15) is 4.31 Å². The van der Waals surface area contributed by atoms with Crippen molar-refractivity contribution in [3.63, 3.8) is 0 Å². The smallest absolute Gasteiger partial charge is 0.253 e. The maximum atomic E-state index is 12.9. The lowest BCUT2D eigenvalue weighted by Crippen LogP contribution is -2.50. The number of nitrogens with one attached hydrogen (secondary N) is 1. The summed E-state index contributed by atoms with van der Waals surface area (Å²) in [5, 5.41) is 3.32. The van der Waals surface area contributed by atoms with Crippen LogP contribution in [-0.2, 0) is 10.0 Å². The summed E-state index contributed by atoms with van der Waals surface area (Å²) < 4.78 is 27.1. The molecular formula is C22H25Cl2N3O4S. The van der Waals surface area contributed by atoms with Gasteiger partial charge in [0.25, 0.3) is 11.8 Å². The number of piperazine rings is 1. The first-order chi connectivity index (χ1) is 14.9. The van der Waals surface area contributed by atoms with E-state index < -0.39 is 10.0 Å². The zero-order chi connectivity index (χ0) is 23.7. The minimum atomic E-state index is -3.74. The van der Waals surface area contributed by atoms with E-state index in [9.17, 15) is 18.0 Å². The Morgan fingerprint density at radius 3 is 1.97 bits per heavy atom. The van der Waals surface area contributed by atoms with Crippen molar-refractivity contribution >= 4 is 45.0 Å². The van der Waals surface area contributed by atoms with Gasteiger partial charge in [-0.15, -0.1) is 0 Å². The molecule has 1 aliphatic heterocycles. The number of benzene rings is 2. The van der Waals surface area contributed by atoms with Gasteiger partial charge in [0, 0.05) is 42.8 Å². The van der Waals surface area contributed by atoms with Gasteiger partial charge in [-0.25, -0.2) is 8.42 Å². The molecule has 1 fully saturated rings. The monoisotopic (exact) mass is 497 g/mol. The number of carbonyl (C=O) groups excluding carboxylic acids is 2. The molecule has 0 aliphatic carbocycles. The van der Waals surface area contributed by atoms with Crippen molar-refractivity contribution in [2.45, 2.75) is 31.2 Å². The molecule has 2 aromatic carbocycles. The molecule has 1 heterocycles. The summed E-state index contributed by atoms with van der Waals surface area (Å²) in [6.07, 6.45) is 0. The number of sulfonamides is 1. The van der Waals surface area contributed by atoms with Crippen LogP contribution in [0.25, 0.3) is 0 Å². The molecule has 2 aromatic rings. The summed E-state index contributed by atoms with van der Waals surface area (Å²) in [4.78, 5) is 26.8. The van der Waals surface area contributed by atoms with Gasteiger partial charge in [-0.05, 0) is 63.2 Å². The second-order valence-corrected chi connectivity index (χ2v) is 11.3. The average Bonchev–Trinajstić information content (AvgIpc) is 2.74. The van der Waals surface area contributed by atoms with Crippen LogP contribution in [0, 0.1) is 0 Å². The van der Waals surface area contributed by atoms with Gasteiger partial charge < -0.3 is 10.2 Å². The van der Waals surface area contributed by atoms with E-state index in [1.807, 2.05) is 20.8 Å². The zero-order valence-corrected chi connectivity index (χ0v) is 20.4. The summed E-state index contributed by atoms with van der Waals surface area (Å²) in [7, 11) is -3.74. The highest BCUT2D eigenvalue weighted by Crippen LogP contribution is 2.27. The highest BCUT2D eigenvalue weighted by atomic mass is 35.5. The van der Waals surface area contributed by atoms with Gasteiger partial charge in [0.15, 0.2) is 0 Å². The molecule has 0 unspecified atom stereocenters. The number of hydrogen-bond acceptors (Lipinski definition) is 4. The van der Waals surface area contributed by atoms with Crippen molar-refractivity contribution in [3.05, 3.63) is 63.6 Å². The van der Waals surface area contributed by atoms with Crippen molar-refractivity contribution in [1.82, 2.24) is 14.5 Å². The first-order valence-electron chi connectivity index (χ1n) is 10.1. The average molecular weight is 498 g/mol. The molecule has 10 heteroatoms. The van der Waals surface area contributed by atoms with Gasteiger partial charge >= 0.3 is 0 Å². The maximum Gasteiger partial charge on any atom is 0.253 e. The fourth-order valence-electron chi connectivity index (χ4n) is 3.28. The number of hydrogen-bond donors (Lipinski definition) is 1. The van der Waals surface area contributed by atoms with Crippen molar-refractivity contribution in [1.29, 1.82) is 0 Å². The summed E-state index contributed by atoms with van der Waals surface area (Å²) in [6.45, 7) is 6.52. The molecule has 2 amide bonds. The minimum Gasteiger partial charge on any atom is -0.347 e. The lowest BCUT2D eigenvalue weighted by Gasteiger charge is -2.34. The van der Waals surface area contributed by atoms with Gasteiger partial charge in [0.05, 0.1) is 14.9 Å². The van der Waals surface area contributed by atoms with Crippen molar-refractivity contribution in [2.24, 2.45) is 0 Å². The van der Waals surface area contributed by atoms with Crippen LogP contribution in [0.5, 0.6) is 0 Å². The van der Waals surface area contributed by atoms with Gasteiger partial charge in [0.2, 0.25) is 10.0 Å². The third-order valence-corrected chi connectivity index (χ3v) is 7.57. The topological polar surface area (TPSA) is 86.8 Å². The minimum absolute atomic E-state index is 0.0656. The van der Waals surface area contributed by atoms with Gasteiger partial charge in [0.1, 0.15) is 0 Å². The molecule has 172 valence electrons. The summed E-state index contributed by atoms with van der Waals surface area (Å²) >= 11 is 11.8. The SMILES string of the molecule is CC(C)(C)NC(=O)c1ccc(C(=O)N2CCN(S(=O)(=O)c3ccc(Cl)c(Cl)c3)CC2)cc1. The molecule has 32 heavy (non-hydrogen) atoms. The molecule has 1 N–H and O–H groups in total. The van der Waals surface area contributed by atoms with Crippen LogP contribution in [0.3, 0.4) is 0 Å². The standard InChI is InChI=1S/C22H25Cl2N3O4S/c1-22(2,3)25-20(28)15-4-6-16(7-5-15)21(29)26-10-12-27(13-11-26)32(30,31)17-8-9-18(23)19(24)14-17/h4-9,14H,10-13H2,1-3H3,(H,25,28). The molecule has 7 nitrogen and oxygen atoms in total. The molecule has 0 spiro atoms. The van der Waals surface area contributed by atoms with E-state index in [2.05, 4.69) is 5.32 Å². The predicted molar refractivity (Wildman–Crippen MR) is 125 cm³/mol. The summed E-state index contributed by atoms with van der Waals surface area (Å²) in [5.41, 5.74) is 0.551. The van der Waals surface area contributed by atoms with E-state index in [-0.39, 0.29) is 58.5 Å². The summed E-state index contributed by atoms with van der Waals surface area (Å²) in [6, 6.07) is 10.6. The third-order valence-electron chi connectivity index (χ3n) is 4.94. The Morgan fingerprint density at radius 1 is 0.875 bits per heavy atom. The Labute approximate surface area is 198 Å². The number of nitrogens with zero attached hydrogens (tertiary/aromatic N) is 2. The normalized spacial score (nSPS) is 15.5. The lowest BCUT2D eigenvalue weighted by molar-refractivity contribution is 0.0697. The highest BCUT2D eigenvalue weighted by molar-refractivity contribution is 7.89. The Hall–Kier alpha value is -2.13. The molecule has 0 radical (unpaired) electrons. The molecule has 1 aliphatic rings. The molecule has 0 saturated carbocycles. The molecule has 0 atom stereocenters. The largest absolute Gasteiger partial charge is 0.347 e. The van der Waals surface area contributed by atoms with Crippen LogP contribution >= 0.6 is 23.2 Å². The van der Waals surface area contributed by atoms with Gasteiger partial charge in [-0.1, -0.05) is 23.2 Å². The first-order valence-corrected chi connectivity index (χ1v) is 12.3. The predicted octanol–water partition coefficient (Wildman–Crippen LogP) is 3.67. The van der Waals surface area contributed by atoms with E-state index in [0.717, 1.165) is 0 Å². The molecule has 0 bridgehead atoms. The fraction of sp³-hybridized carbons (Fsp3) is 0.364. The number of carbonyl (C=O) groups is 2. The molecule has 3 rings (SSSR count). The van der Waals surface area contributed by atoms with Crippen LogP contribution in [0.2, 0.25) is 10.0 Å². The van der Waals surface area contributed by atoms with E-state index in [0.29, 0.717) is 11.1 Å². The first kappa shape index (κ1) is 24.5. The van der Waals surface area contributed by atoms with Gasteiger partial charge in [-0.3, -0.25) is 9.59 Å². The molecule has 1 saturated heterocycles. The lowest BCUT2D eigenvalue weighted by atomic mass is 10.1. The van der Waals surface area contributed by atoms with Crippen LogP contribution in [0.15, 0.2) is 47.4 Å².